The molecule has 0 radical (unpaired) electrons. The van der Waals surface area contributed by atoms with Crippen LogP contribution in [0.2, 0.25) is 0 Å². The van der Waals surface area contributed by atoms with Gasteiger partial charge in [0.15, 0.2) is 5.82 Å². The molecule has 0 aromatic carbocycles. The number of hydrogen-bond donors (Lipinski definition) is 0. The molecular formula is C15H21IN4O2. The van der Waals surface area contributed by atoms with Crippen LogP contribution in [0.4, 0.5) is 10.6 Å². The number of piperidine rings is 1. The van der Waals surface area contributed by atoms with Gasteiger partial charge in [-0.2, -0.15) is 0 Å². The number of halogens is 1. The van der Waals surface area contributed by atoms with E-state index in [0.29, 0.717) is 18.1 Å². The van der Waals surface area contributed by atoms with Crippen molar-refractivity contribution in [2.24, 2.45) is 0 Å². The Balaban J connectivity index is 2.04. The number of aromatic nitrogens is 2. The molecular weight excluding hydrogens is 395 g/mol. The van der Waals surface area contributed by atoms with E-state index in [0.717, 1.165) is 23.3 Å². The largest absolute Gasteiger partial charge is 0.420 e. The van der Waals surface area contributed by atoms with Crippen molar-refractivity contribution in [2.45, 2.75) is 26.2 Å². The highest BCUT2D eigenvalue weighted by atomic mass is 127. The van der Waals surface area contributed by atoms with E-state index in [1.54, 1.807) is 13.0 Å². The van der Waals surface area contributed by atoms with Gasteiger partial charge in [-0.15, -0.1) is 10.2 Å². The number of rotatable bonds is 5. The van der Waals surface area contributed by atoms with E-state index in [-0.39, 0.29) is 0 Å². The van der Waals surface area contributed by atoms with Crippen molar-refractivity contribution in [3.05, 3.63) is 28.2 Å². The fourth-order valence-electron chi connectivity index (χ4n) is 2.38. The number of amides is 1. The molecule has 1 amide bonds. The van der Waals surface area contributed by atoms with Crippen LogP contribution in [0.15, 0.2) is 24.5 Å². The highest BCUT2D eigenvalue weighted by molar-refractivity contribution is 14.1. The van der Waals surface area contributed by atoms with Gasteiger partial charge in [-0.3, -0.25) is 4.90 Å². The smallest absolute Gasteiger partial charge is 0.415 e. The van der Waals surface area contributed by atoms with Crippen LogP contribution in [-0.4, -0.2) is 47.4 Å². The summed E-state index contributed by atoms with van der Waals surface area (Å²) in [6, 6.07) is 3.61. The van der Waals surface area contributed by atoms with Crippen molar-refractivity contribution < 1.29 is 9.53 Å². The van der Waals surface area contributed by atoms with Gasteiger partial charge >= 0.3 is 6.09 Å². The first kappa shape index (κ1) is 17.1. The lowest BCUT2D eigenvalue weighted by molar-refractivity contribution is 0.180. The number of likely N-dealkylation sites (tertiary alicyclic amines) is 1. The zero-order chi connectivity index (χ0) is 15.9. The van der Waals surface area contributed by atoms with Crippen LogP contribution in [0.5, 0.6) is 0 Å². The lowest BCUT2D eigenvalue weighted by Crippen LogP contribution is -2.41. The van der Waals surface area contributed by atoms with Gasteiger partial charge in [-0.25, -0.2) is 4.79 Å². The van der Waals surface area contributed by atoms with E-state index in [4.69, 9.17) is 4.74 Å². The van der Waals surface area contributed by atoms with Gasteiger partial charge < -0.3 is 9.64 Å². The van der Waals surface area contributed by atoms with Crippen LogP contribution in [0.1, 0.15) is 26.2 Å². The minimum absolute atomic E-state index is 0.367. The fourth-order valence-corrected chi connectivity index (χ4v) is 2.67. The number of hydrogen-bond acceptors (Lipinski definition) is 5. The maximum atomic E-state index is 12.3. The Labute approximate surface area is 144 Å². The number of nitrogens with zero attached hydrogens (tertiary/aromatic N) is 4. The summed E-state index contributed by atoms with van der Waals surface area (Å²) >= 11 is 2.08. The summed E-state index contributed by atoms with van der Waals surface area (Å²) in [5.74, 6) is 0.870. The maximum Gasteiger partial charge on any atom is 0.420 e. The van der Waals surface area contributed by atoms with E-state index in [2.05, 4.69) is 44.3 Å². The summed E-state index contributed by atoms with van der Waals surface area (Å²) in [6.07, 6.45) is 3.28. The first-order valence-electron chi connectivity index (χ1n) is 7.42. The zero-order valence-electron chi connectivity index (χ0n) is 12.8. The summed E-state index contributed by atoms with van der Waals surface area (Å²) in [5, 5.41) is 8.10. The van der Waals surface area contributed by atoms with Crippen molar-refractivity contribution >= 4 is 34.5 Å². The Bertz CT molecular complexity index is 515. The molecule has 1 aliphatic rings. The zero-order valence-corrected chi connectivity index (χ0v) is 15.0. The van der Waals surface area contributed by atoms with E-state index < -0.39 is 6.09 Å². The number of anilines is 1. The van der Waals surface area contributed by atoms with Crippen LogP contribution in [-0.2, 0) is 4.74 Å². The summed E-state index contributed by atoms with van der Waals surface area (Å²) in [6.45, 7) is 8.77. The molecule has 120 valence electrons. The van der Waals surface area contributed by atoms with Gasteiger partial charge in [-0.1, -0.05) is 13.0 Å². The molecule has 2 rings (SSSR count). The predicted molar refractivity (Wildman–Crippen MR) is 93.7 cm³/mol. The van der Waals surface area contributed by atoms with Gasteiger partial charge in [0.1, 0.15) is 3.70 Å². The Morgan fingerprint density at radius 1 is 1.36 bits per heavy atom. The molecule has 0 saturated carbocycles. The van der Waals surface area contributed by atoms with Crippen molar-refractivity contribution in [1.82, 2.24) is 15.1 Å². The Hall–Kier alpha value is -1.22. The first-order valence-corrected chi connectivity index (χ1v) is 8.50. The van der Waals surface area contributed by atoms with E-state index in [1.165, 1.54) is 24.2 Å². The molecule has 2 heterocycles. The molecule has 6 nitrogen and oxygen atoms in total. The number of allylic oxidation sites excluding steroid dienone is 1. The second kappa shape index (κ2) is 8.42. The Morgan fingerprint density at radius 2 is 2.09 bits per heavy atom. The third-order valence-electron chi connectivity index (χ3n) is 3.46. The topological polar surface area (TPSA) is 58.6 Å². The predicted octanol–water partition coefficient (Wildman–Crippen LogP) is 3.04. The molecule has 1 aromatic heterocycles. The molecule has 22 heavy (non-hydrogen) atoms. The lowest BCUT2D eigenvalue weighted by atomic mass is 10.1. The lowest BCUT2D eigenvalue weighted by Gasteiger charge is -2.29. The van der Waals surface area contributed by atoms with E-state index in [1.807, 2.05) is 6.07 Å². The molecule has 1 aliphatic heterocycles. The fraction of sp³-hybridized carbons (Fsp3) is 0.533. The van der Waals surface area contributed by atoms with E-state index in [9.17, 15) is 4.79 Å². The van der Waals surface area contributed by atoms with Crippen LogP contribution in [0, 0.1) is 3.70 Å². The summed E-state index contributed by atoms with van der Waals surface area (Å²) < 4.78 is 5.92. The summed E-state index contributed by atoms with van der Waals surface area (Å²) in [5.41, 5.74) is 0. The van der Waals surface area contributed by atoms with Crippen LogP contribution < -0.4 is 4.90 Å². The molecule has 1 aromatic rings. The SMILES string of the molecule is C=C(C)OC(=O)N(CCN1CCCCC1)c1ccc(I)nn1. The highest BCUT2D eigenvalue weighted by Gasteiger charge is 2.21. The number of carbonyl (C=O) groups is 1. The Morgan fingerprint density at radius 3 is 2.68 bits per heavy atom. The molecule has 0 spiro atoms. The molecule has 0 bridgehead atoms. The number of ether oxygens (including phenoxy) is 1. The monoisotopic (exact) mass is 416 g/mol. The average molecular weight is 416 g/mol. The molecule has 0 atom stereocenters. The second-order valence-corrected chi connectivity index (χ2v) is 6.44. The minimum atomic E-state index is -0.458. The minimum Gasteiger partial charge on any atom is -0.415 e. The van der Waals surface area contributed by atoms with Gasteiger partial charge in [-0.05, 0) is 67.6 Å². The molecule has 7 heteroatoms. The van der Waals surface area contributed by atoms with Crippen LogP contribution in [0.25, 0.3) is 0 Å². The van der Waals surface area contributed by atoms with Gasteiger partial charge in [0.2, 0.25) is 0 Å². The molecule has 0 unspecified atom stereocenters. The third kappa shape index (κ3) is 5.20. The maximum absolute atomic E-state index is 12.3. The highest BCUT2D eigenvalue weighted by Crippen LogP contribution is 2.15. The number of carbonyl (C=O) groups excluding carboxylic acids is 1. The average Bonchev–Trinajstić information content (AvgIpc) is 2.49. The van der Waals surface area contributed by atoms with Crippen molar-refractivity contribution in [1.29, 1.82) is 0 Å². The molecule has 0 aliphatic carbocycles. The standard InChI is InChI=1S/C15H21IN4O2/c1-12(2)22-15(21)20(14-7-6-13(16)17-18-14)11-10-19-8-4-3-5-9-19/h6-7H,1,3-5,8-11H2,2H3. The molecule has 1 fully saturated rings. The van der Waals surface area contributed by atoms with Crippen molar-refractivity contribution in [2.75, 3.05) is 31.1 Å². The second-order valence-electron chi connectivity index (χ2n) is 5.34. The third-order valence-corrected chi connectivity index (χ3v) is 4.04. The van der Waals surface area contributed by atoms with Gasteiger partial charge in [0, 0.05) is 13.1 Å². The Kier molecular flexibility index (Phi) is 6.56. The van der Waals surface area contributed by atoms with Crippen molar-refractivity contribution in [3.8, 4) is 0 Å². The summed E-state index contributed by atoms with van der Waals surface area (Å²) in [4.78, 5) is 16.2. The van der Waals surface area contributed by atoms with Gasteiger partial charge in [0.25, 0.3) is 0 Å². The van der Waals surface area contributed by atoms with Crippen LogP contribution in [0.3, 0.4) is 0 Å². The normalized spacial score (nSPS) is 15.4. The quantitative estimate of drug-likeness (QED) is 0.546. The first-order chi connectivity index (χ1) is 10.6. The van der Waals surface area contributed by atoms with Crippen LogP contribution >= 0.6 is 22.6 Å². The van der Waals surface area contributed by atoms with E-state index >= 15 is 0 Å². The van der Waals surface area contributed by atoms with Gasteiger partial charge in [0.05, 0.1) is 5.76 Å². The molecule has 0 N–H and O–H groups in total. The molecule has 1 saturated heterocycles. The summed E-state index contributed by atoms with van der Waals surface area (Å²) in [7, 11) is 0. The van der Waals surface area contributed by atoms with Crippen molar-refractivity contribution in [3.63, 3.8) is 0 Å².